The van der Waals surface area contributed by atoms with Crippen LogP contribution in [-0.4, -0.2) is 21.3 Å². The van der Waals surface area contributed by atoms with Crippen LogP contribution in [0.15, 0.2) is 24.3 Å². The van der Waals surface area contributed by atoms with Crippen LogP contribution in [0.2, 0.25) is 0 Å². The Morgan fingerprint density at radius 3 is 2.45 bits per heavy atom. The first-order valence-electron chi connectivity index (χ1n) is 6.12. The van der Waals surface area contributed by atoms with E-state index in [2.05, 4.69) is 4.18 Å². The van der Waals surface area contributed by atoms with Crippen molar-refractivity contribution in [1.82, 2.24) is 0 Å². The van der Waals surface area contributed by atoms with Gasteiger partial charge >= 0.3 is 5.97 Å². The second kappa shape index (κ2) is 6.94. The molecule has 0 saturated heterocycles. The normalized spacial score (nSPS) is 17.1. The SMILES string of the molecule is CCOC(=O)C(C)c1ccc(C(C)(N)OS(=O)[O-])cc1. The highest BCUT2D eigenvalue weighted by molar-refractivity contribution is 7.74. The molecular formula is C13H18NO5S-. The number of hydrogen-bond donors (Lipinski definition) is 1. The van der Waals surface area contributed by atoms with Gasteiger partial charge in [-0.1, -0.05) is 24.3 Å². The first-order valence-corrected chi connectivity index (χ1v) is 7.12. The molecule has 0 aliphatic heterocycles. The van der Waals surface area contributed by atoms with Crippen molar-refractivity contribution >= 4 is 17.3 Å². The van der Waals surface area contributed by atoms with Gasteiger partial charge in [0, 0.05) is 0 Å². The summed E-state index contributed by atoms with van der Waals surface area (Å²) < 4.78 is 30.7. The third-order valence-corrected chi connectivity index (χ3v) is 3.35. The summed E-state index contributed by atoms with van der Waals surface area (Å²) in [6, 6.07) is 6.63. The fourth-order valence-electron chi connectivity index (χ4n) is 1.70. The summed E-state index contributed by atoms with van der Waals surface area (Å²) in [4.78, 5) is 11.6. The molecule has 1 aromatic carbocycles. The molecular weight excluding hydrogens is 282 g/mol. The number of carbonyl (C=O) groups excluding carboxylic acids is 1. The van der Waals surface area contributed by atoms with Crippen molar-refractivity contribution < 1.29 is 22.5 Å². The molecule has 0 bridgehead atoms. The molecule has 20 heavy (non-hydrogen) atoms. The van der Waals surface area contributed by atoms with Crippen molar-refractivity contribution in [3.05, 3.63) is 35.4 Å². The molecule has 1 aromatic rings. The van der Waals surface area contributed by atoms with E-state index in [1.807, 2.05) is 0 Å². The summed E-state index contributed by atoms with van der Waals surface area (Å²) >= 11 is -2.71. The lowest BCUT2D eigenvalue weighted by atomic mass is 9.97. The Morgan fingerprint density at radius 1 is 1.45 bits per heavy atom. The van der Waals surface area contributed by atoms with Crippen molar-refractivity contribution in [2.24, 2.45) is 5.73 Å². The highest BCUT2D eigenvalue weighted by atomic mass is 32.2. The Morgan fingerprint density at radius 2 is 2.00 bits per heavy atom. The summed E-state index contributed by atoms with van der Waals surface area (Å²) in [5.41, 5.74) is 5.56. The summed E-state index contributed by atoms with van der Waals surface area (Å²) in [5, 5.41) is 0. The maximum atomic E-state index is 11.6. The standard InChI is InChI=1S/C13H19NO5S/c1-4-18-12(15)9(2)10-5-7-11(8-6-10)13(3,14)19-20(16)17/h5-9H,4,14H2,1-3H3,(H,16,17)/p-1. The van der Waals surface area contributed by atoms with Crippen LogP contribution in [0.25, 0.3) is 0 Å². The highest BCUT2D eigenvalue weighted by Crippen LogP contribution is 2.23. The monoisotopic (exact) mass is 300 g/mol. The summed E-state index contributed by atoms with van der Waals surface area (Å²) in [6.07, 6.45) is 0. The van der Waals surface area contributed by atoms with Crippen molar-refractivity contribution in [3.8, 4) is 0 Å². The van der Waals surface area contributed by atoms with Crippen LogP contribution in [0.3, 0.4) is 0 Å². The molecule has 0 amide bonds. The lowest BCUT2D eigenvalue weighted by Gasteiger charge is -2.26. The van der Waals surface area contributed by atoms with Gasteiger partial charge in [-0.05, 0) is 31.9 Å². The molecule has 1 rings (SSSR count). The molecule has 6 nitrogen and oxygen atoms in total. The summed E-state index contributed by atoms with van der Waals surface area (Å²) in [7, 11) is 0. The summed E-state index contributed by atoms with van der Waals surface area (Å²) in [5.74, 6) is -0.713. The average Bonchev–Trinajstić information content (AvgIpc) is 2.37. The highest BCUT2D eigenvalue weighted by Gasteiger charge is 2.24. The van der Waals surface area contributed by atoms with Gasteiger partial charge in [0.25, 0.3) is 0 Å². The molecule has 0 saturated carbocycles. The summed E-state index contributed by atoms with van der Waals surface area (Å²) in [6.45, 7) is 5.24. The number of esters is 1. The van der Waals surface area contributed by atoms with Crippen LogP contribution in [-0.2, 0) is 30.8 Å². The second-order valence-electron chi connectivity index (χ2n) is 4.49. The Labute approximate surface area is 120 Å². The van der Waals surface area contributed by atoms with Gasteiger partial charge in [-0.15, -0.1) is 0 Å². The smallest absolute Gasteiger partial charge is 0.313 e. The van der Waals surface area contributed by atoms with Crippen LogP contribution < -0.4 is 5.73 Å². The van der Waals surface area contributed by atoms with E-state index in [9.17, 15) is 13.6 Å². The first-order chi connectivity index (χ1) is 9.27. The minimum atomic E-state index is -2.71. The molecule has 0 radical (unpaired) electrons. The van der Waals surface area contributed by atoms with Gasteiger partial charge in [0.15, 0.2) is 5.72 Å². The molecule has 112 valence electrons. The van der Waals surface area contributed by atoms with E-state index < -0.39 is 23.0 Å². The van der Waals surface area contributed by atoms with E-state index >= 15 is 0 Å². The first kappa shape index (κ1) is 16.8. The Kier molecular flexibility index (Phi) is 5.82. The Balaban J connectivity index is 2.88. The van der Waals surface area contributed by atoms with Gasteiger partial charge < -0.3 is 9.29 Å². The van der Waals surface area contributed by atoms with E-state index in [4.69, 9.17) is 10.5 Å². The topological polar surface area (TPSA) is 102 Å². The minimum Gasteiger partial charge on any atom is -0.750 e. The quantitative estimate of drug-likeness (QED) is 0.482. The van der Waals surface area contributed by atoms with Crippen LogP contribution in [0, 0.1) is 0 Å². The van der Waals surface area contributed by atoms with Crippen molar-refractivity contribution in [2.75, 3.05) is 6.61 Å². The average molecular weight is 300 g/mol. The lowest BCUT2D eigenvalue weighted by Crippen LogP contribution is -2.36. The Bertz CT molecular complexity index is 486. The van der Waals surface area contributed by atoms with E-state index in [1.54, 1.807) is 38.1 Å². The van der Waals surface area contributed by atoms with E-state index in [1.165, 1.54) is 6.92 Å². The second-order valence-corrected chi connectivity index (χ2v) is 5.07. The maximum absolute atomic E-state index is 11.6. The number of carbonyl (C=O) groups is 1. The van der Waals surface area contributed by atoms with Crippen molar-refractivity contribution in [2.45, 2.75) is 32.4 Å². The molecule has 7 heteroatoms. The van der Waals surface area contributed by atoms with Crippen LogP contribution in [0.4, 0.5) is 0 Å². The van der Waals surface area contributed by atoms with E-state index in [-0.39, 0.29) is 5.97 Å². The fourth-order valence-corrected chi connectivity index (χ4v) is 2.07. The van der Waals surface area contributed by atoms with Gasteiger partial charge in [-0.25, -0.2) is 4.21 Å². The number of hydrogen-bond acceptors (Lipinski definition) is 6. The zero-order valence-corrected chi connectivity index (χ0v) is 12.4. The van der Waals surface area contributed by atoms with Crippen LogP contribution >= 0.6 is 0 Å². The number of rotatable bonds is 6. The molecule has 3 atom stereocenters. The van der Waals surface area contributed by atoms with Gasteiger partial charge in [-0.2, -0.15) is 0 Å². The molecule has 0 aliphatic carbocycles. The lowest BCUT2D eigenvalue weighted by molar-refractivity contribution is -0.144. The molecule has 0 fully saturated rings. The van der Waals surface area contributed by atoms with Gasteiger partial charge in [0.1, 0.15) is 0 Å². The van der Waals surface area contributed by atoms with E-state index in [0.29, 0.717) is 12.2 Å². The van der Waals surface area contributed by atoms with Gasteiger partial charge in [0.2, 0.25) is 0 Å². The third kappa shape index (κ3) is 4.38. The predicted octanol–water partition coefficient (Wildman–Crippen LogP) is 1.30. The fraction of sp³-hybridized carbons (Fsp3) is 0.462. The number of nitrogens with two attached hydrogens (primary N) is 1. The molecule has 0 heterocycles. The molecule has 2 N–H and O–H groups in total. The van der Waals surface area contributed by atoms with Crippen molar-refractivity contribution in [3.63, 3.8) is 0 Å². The number of benzene rings is 1. The Hall–Kier alpha value is -1.28. The molecule has 0 aliphatic rings. The predicted molar refractivity (Wildman–Crippen MR) is 73.0 cm³/mol. The van der Waals surface area contributed by atoms with Gasteiger partial charge in [-0.3, -0.25) is 14.7 Å². The molecule has 0 aromatic heterocycles. The van der Waals surface area contributed by atoms with E-state index in [0.717, 1.165) is 5.56 Å². The minimum absolute atomic E-state index is 0.312. The van der Waals surface area contributed by atoms with Crippen molar-refractivity contribution in [1.29, 1.82) is 0 Å². The third-order valence-electron chi connectivity index (χ3n) is 2.87. The maximum Gasteiger partial charge on any atom is 0.313 e. The van der Waals surface area contributed by atoms with Crippen LogP contribution in [0.1, 0.15) is 37.8 Å². The zero-order chi connectivity index (χ0) is 15.3. The number of ether oxygens (including phenoxy) is 1. The molecule has 0 spiro atoms. The zero-order valence-electron chi connectivity index (χ0n) is 11.6. The largest absolute Gasteiger partial charge is 0.750 e. The van der Waals surface area contributed by atoms with Gasteiger partial charge in [0.05, 0.1) is 23.9 Å². The van der Waals surface area contributed by atoms with Crippen LogP contribution in [0.5, 0.6) is 0 Å². The molecule has 3 unspecified atom stereocenters.